The summed E-state index contributed by atoms with van der Waals surface area (Å²) in [4.78, 5) is 4.59. The molecule has 0 bridgehead atoms. The normalized spacial score (nSPS) is 11.4. The van der Waals surface area contributed by atoms with Crippen LogP contribution in [0.2, 0.25) is 0 Å². The molecule has 0 aliphatic carbocycles. The second-order valence-electron chi connectivity index (χ2n) is 4.49. The Morgan fingerprint density at radius 3 is 2.38 bits per heavy atom. The van der Waals surface area contributed by atoms with Crippen LogP contribution in [0.5, 0.6) is 0 Å². The van der Waals surface area contributed by atoms with Gasteiger partial charge in [-0.15, -0.1) is 0 Å². The van der Waals surface area contributed by atoms with Crippen LogP contribution >= 0.6 is 15.9 Å². The predicted molar refractivity (Wildman–Crippen MR) is 73.6 cm³/mol. The van der Waals surface area contributed by atoms with Crippen molar-refractivity contribution in [3.05, 3.63) is 34.3 Å². The first kappa shape index (κ1) is 13.7. The third-order valence-corrected chi connectivity index (χ3v) is 3.32. The minimum Gasteiger partial charge on any atom is -0.309 e. The van der Waals surface area contributed by atoms with E-state index in [2.05, 4.69) is 71.1 Å². The van der Waals surface area contributed by atoms with Gasteiger partial charge >= 0.3 is 0 Å². The van der Waals surface area contributed by atoms with Crippen molar-refractivity contribution in [3.63, 3.8) is 0 Å². The maximum Gasteiger partial charge on any atom is 0.0241 e. The highest BCUT2D eigenvalue weighted by Gasteiger charge is 2.03. The van der Waals surface area contributed by atoms with E-state index in [1.165, 1.54) is 16.5 Å². The van der Waals surface area contributed by atoms with Crippen molar-refractivity contribution in [1.82, 2.24) is 9.80 Å². The highest BCUT2D eigenvalue weighted by molar-refractivity contribution is 9.10. The molecule has 1 aromatic rings. The minimum atomic E-state index is 1.01. The first-order valence-electron chi connectivity index (χ1n) is 5.66. The fraction of sp³-hybridized carbons (Fsp3) is 0.538. The number of hydrogen-bond acceptors (Lipinski definition) is 2. The third kappa shape index (κ3) is 5.10. The molecular formula is C13H21BrN2. The molecule has 0 unspecified atom stereocenters. The van der Waals surface area contributed by atoms with E-state index in [1.807, 2.05) is 0 Å². The first-order valence-corrected chi connectivity index (χ1v) is 6.45. The topological polar surface area (TPSA) is 6.48 Å². The lowest BCUT2D eigenvalue weighted by Gasteiger charge is -2.18. The van der Waals surface area contributed by atoms with E-state index in [0.29, 0.717) is 0 Å². The first-order chi connectivity index (χ1) is 7.59. The Bertz CT molecular complexity index is 313. The molecular weight excluding hydrogens is 264 g/mol. The Kier molecular flexibility index (Phi) is 6.03. The molecule has 0 saturated heterocycles. The summed E-state index contributed by atoms with van der Waals surface area (Å²) in [6.07, 6.45) is 1.22. The molecule has 0 fully saturated rings. The van der Waals surface area contributed by atoms with Crippen molar-refractivity contribution in [1.29, 1.82) is 0 Å². The second kappa shape index (κ2) is 7.05. The quantitative estimate of drug-likeness (QED) is 0.793. The molecule has 16 heavy (non-hydrogen) atoms. The fourth-order valence-corrected chi connectivity index (χ4v) is 2.06. The summed E-state index contributed by atoms with van der Waals surface area (Å²) in [7, 11) is 6.41. The standard InChI is InChI=1S/C13H21BrN2/c1-15(2)9-6-10-16(3)11-12-7-4-5-8-13(12)14/h4-5,7-8H,6,9-11H2,1-3H3. The van der Waals surface area contributed by atoms with Gasteiger partial charge in [-0.3, -0.25) is 0 Å². The molecule has 0 aliphatic rings. The van der Waals surface area contributed by atoms with Crippen LogP contribution < -0.4 is 0 Å². The molecule has 90 valence electrons. The maximum absolute atomic E-state index is 3.58. The maximum atomic E-state index is 3.58. The van der Waals surface area contributed by atoms with E-state index in [1.54, 1.807) is 0 Å². The van der Waals surface area contributed by atoms with Gasteiger partial charge < -0.3 is 9.80 Å². The summed E-state index contributed by atoms with van der Waals surface area (Å²) < 4.78 is 1.20. The summed E-state index contributed by atoms with van der Waals surface area (Å²) in [6.45, 7) is 3.30. The largest absolute Gasteiger partial charge is 0.309 e. The smallest absolute Gasteiger partial charge is 0.0241 e. The van der Waals surface area contributed by atoms with Crippen molar-refractivity contribution >= 4 is 15.9 Å². The number of nitrogens with zero attached hydrogens (tertiary/aromatic N) is 2. The van der Waals surface area contributed by atoms with Crippen molar-refractivity contribution in [2.75, 3.05) is 34.2 Å². The van der Waals surface area contributed by atoms with Gasteiger partial charge in [-0.25, -0.2) is 0 Å². The molecule has 0 aromatic heterocycles. The zero-order valence-corrected chi connectivity index (χ0v) is 12.0. The van der Waals surface area contributed by atoms with Crippen LogP contribution in [0.15, 0.2) is 28.7 Å². The molecule has 2 nitrogen and oxygen atoms in total. The fourth-order valence-electron chi connectivity index (χ4n) is 1.65. The number of rotatable bonds is 6. The van der Waals surface area contributed by atoms with Crippen LogP contribution in [0.1, 0.15) is 12.0 Å². The Morgan fingerprint density at radius 1 is 1.06 bits per heavy atom. The Hall–Kier alpha value is -0.380. The molecule has 1 rings (SSSR count). The van der Waals surface area contributed by atoms with E-state index in [4.69, 9.17) is 0 Å². The van der Waals surface area contributed by atoms with Gasteiger partial charge in [0.1, 0.15) is 0 Å². The van der Waals surface area contributed by atoms with Crippen LogP contribution in [0.25, 0.3) is 0 Å². The number of benzene rings is 1. The molecule has 0 amide bonds. The molecule has 0 saturated carbocycles. The molecule has 0 spiro atoms. The molecule has 0 heterocycles. The van der Waals surface area contributed by atoms with Gasteiger partial charge in [-0.2, -0.15) is 0 Å². The lowest BCUT2D eigenvalue weighted by Crippen LogP contribution is -2.23. The van der Waals surface area contributed by atoms with E-state index in [9.17, 15) is 0 Å². The van der Waals surface area contributed by atoms with Crippen molar-refractivity contribution < 1.29 is 0 Å². The molecule has 0 N–H and O–H groups in total. The van der Waals surface area contributed by atoms with Crippen LogP contribution in [-0.2, 0) is 6.54 Å². The molecule has 0 radical (unpaired) electrons. The van der Waals surface area contributed by atoms with Gasteiger partial charge in [-0.05, 0) is 52.3 Å². The van der Waals surface area contributed by atoms with Gasteiger partial charge in [0.05, 0.1) is 0 Å². The SMILES string of the molecule is CN(C)CCCN(C)Cc1ccccc1Br. The molecule has 3 heteroatoms. The lowest BCUT2D eigenvalue weighted by atomic mass is 10.2. The van der Waals surface area contributed by atoms with Crippen molar-refractivity contribution in [2.24, 2.45) is 0 Å². The summed E-state index contributed by atoms with van der Waals surface area (Å²) >= 11 is 3.58. The van der Waals surface area contributed by atoms with Crippen molar-refractivity contribution in [2.45, 2.75) is 13.0 Å². The number of hydrogen-bond donors (Lipinski definition) is 0. The van der Waals surface area contributed by atoms with Gasteiger partial charge in [0, 0.05) is 11.0 Å². The zero-order valence-electron chi connectivity index (χ0n) is 10.4. The van der Waals surface area contributed by atoms with E-state index in [-0.39, 0.29) is 0 Å². The Labute approximate surface area is 107 Å². The monoisotopic (exact) mass is 284 g/mol. The summed E-state index contributed by atoms with van der Waals surface area (Å²) in [5.74, 6) is 0. The van der Waals surface area contributed by atoms with Gasteiger partial charge in [-0.1, -0.05) is 34.1 Å². The average Bonchev–Trinajstić information content (AvgIpc) is 2.21. The lowest BCUT2D eigenvalue weighted by molar-refractivity contribution is 0.294. The summed E-state index contributed by atoms with van der Waals surface area (Å²) in [5.41, 5.74) is 1.36. The van der Waals surface area contributed by atoms with Crippen LogP contribution in [-0.4, -0.2) is 44.0 Å². The van der Waals surface area contributed by atoms with Gasteiger partial charge in [0.2, 0.25) is 0 Å². The third-order valence-electron chi connectivity index (χ3n) is 2.54. The van der Waals surface area contributed by atoms with Gasteiger partial charge in [0.15, 0.2) is 0 Å². The highest BCUT2D eigenvalue weighted by atomic mass is 79.9. The van der Waals surface area contributed by atoms with E-state index >= 15 is 0 Å². The van der Waals surface area contributed by atoms with Crippen LogP contribution in [0, 0.1) is 0 Å². The zero-order chi connectivity index (χ0) is 12.0. The van der Waals surface area contributed by atoms with E-state index < -0.39 is 0 Å². The minimum absolute atomic E-state index is 1.01. The average molecular weight is 285 g/mol. The Balaban J connectivity index is 2.34. The molecule has 1 aromatic carbocycles. The molecule has 0 aliphatic heterocycles. The van der Waals surface area contributed by atoms with Crippen LogP contribution in [0.4, 0.5) is 0 Å². The van der Waals surface area contributed by atoms with E-state index in [0.717, 1.165) is 19.6 Å². The second-order valence-corrected chi connectivity index (χ2v) is 5.34. The van der Waals surface area contributed by atoms with Crippen LogP contribution in [0.3, 0.4) is 0 Å². The molecule has 0 atom stereocenters. The summed E-state index contributed by atoms with van der Waals surface area (Å²) in [5, 5.41) is 0. The predicted octanol–water partition coefficient (Wildman–Crippen LogP) is 2.83. The Morgan fingerprint density at radius 2 is 1.75 bits per heavy atom. The highest BCUT2D eigenvalue weighted by Crippen LogP contribution is 2.17. The number of halogens is 1. The van der Waals surface area contributed by atoms with Crippen molar-refractivity contribution in [3.8, 4) is 0 Å². The van der Waals surface area contributed by atoms with Gasteiger partial charge in [0.25, 0.3) is 0 Å². The summed E-state index contributed by atoms with van der Waals surface area (Å²) in [6, 6.07) is 8.42.